The Bertz CT molecular complexity index is 640. The van der Waals surface area contributed by atoms with Gasteiger partial charge in [0.2, 0.25) is 0 Å². The van der Waals surface area contributed by atoms with Gasteiger partial charge in [-0.1, -0.05) is 6.07 Å². The molecule has 0 fully saturated rings. The van der Waals surface area contributed by atoms with Crippen molar-refractivity contribution < 1.29 is 8.60 Å². The van der Waals surface area contributed by atoms with Crippen molar-refractivity contribution >= 4 is 16.5 Å². The van der Waals surface area contributed by atoms with Crippen molar-refractivity contribution in [2.24, 2.45) is 0 Å². The molecule has 0 radical (unpaired) electrons. The second-order valence-electron chi connectivity index (χ2n) is 4.59. The zero-order valence-corrected chi connectivity index (χ0v) is 11.8. The summed E-state index contributed by atoms with van der Waals surface area (Å²) in [5.41, 5.74) is 8.94. The topological polar surface area (TPSA) is 43.1 Å². The van der Waals surface area contributed by atoms with Gasteiger partial charge in [0.25, 0.3) is 0 Å². The fraction of sp³-hybridized carbons (Fsp3) is 0.200. The van der Waals surface area contributed by atoms with E-state index < -0.39 is 10.8 Å². The minimum absolute atomic E-state index is 0.299. The summed E-state index contributed by atoms with van der Waals surface area (Å²) in [7, 11) is -1.20. The van der Waals surface area contributed by atoms with E-state index >= 15 is 0 Å². The third kappa shape index (κ3) is 3.20. The van der Waals surface area contributed by atoms with Crippen molar-refractivity contribution in [2.45, 2.75) is 24.5 Å². The smallest absolute Gasteiger partial charge is 0.123 e. The lowest BCUT2D eigenvalue weighted by Crippen LogP contribution is -2.01. The Hall–Kier alpha value is -1.68. The summed E-state index contributed by atoms with van der Waals surface area (Å²) in [5.74, 6) is 0.0144. The van der Waals surface area contributed by atoms with E-state index in [1.165, 1.54) is 12.1 Å². The molecule has 0 saturated carbocycles. The average molecular weight is 277 g/mol. The van der Waals surface area contributed by atoms with Crippen LogP contribution in [0.3, 0.4) is 0 Å². The first-order valence-electron chi connectivity index (χ1n) is 5.97. The van der Waals surface area contributed by atoms with Gasteiger partial charge in [-0.25, -0.2) is 4.39 Å². The van der Waals surface area contributed by atoms with E-state index in [0.29, 0.717) is 11.4 Å². The summed E-state index contributed by atoms with van der Waals surface area (Å²) in [4.78, 5) is 0.748. The van der Waals surface area contributed by atoms with Crippen LogP contribution in [0.1, 0.15) is 16.7 Å². The van der Waals surface area contributed by atoms with Crippen LogP contribution in [0.2, 0.25) is 0 Å². The molecule has 0 aliphatic rings. The van der Waals surface area contributed by atoms with E-state index in [4.69, 9.17) is 5.73 Å². The van der Waals surface area contributed by atoms with Crippen LogP contribution in [0.25, 0.3) is 0 Å². The van der Waals surface area contributed by atoms with Crippen LogP contribution >= 0.6 is 0 Å². The molecule has 2 nitrogen and oxygen atoms in total. The van der Waals surface area contributed by atoms with Crippen LogP contribution in [0.15, 0.2) is 41.3 Å². The number of anilines is 1. The van der Waals surface area contributed by atoms with Crippen LogP contribution in [0.5, 0.6) is 0 Å². The molecule has 2 rings (SSSR count). The Morgan fingerprint density at radius 3 is 2.53 bits per heavy atom. The molecule has 0 aliphatic heterocycles. The molecule has 0 amide bonds. The zero-order chi connectivity index (χ0) is 14.0. The van der Waals surface area contributed by atoms with Gasteiger partial charge in [-0.3, -0.25) is 4.21 Å². The number of halogens is 1. The van der Waals surface area contributed by atoms with Crippen LogP contribution in [-0.4, -0.2) is 4.21 Å². The van der Waals surface area contributed by atoms with Crippen molar-refractivity contribution in [1.29, 1.82) is 0 Å². The van der Waals surface area contributed by atoms with Gasteiger partial charge in [0, 0.05) is 10.6 Å². The predicted octanol–water partition coefficient (Wildman–Crippen LogP) is 3.33. The quantitative estimate of drug-likeness (QED) is 0.874. The zero-order valence-electron chi connectivity index (χ0n) is 10.9. The van der Waals surface area contributed by atoms with E-state index in [0.717, 1.165) is 21.6 Å². The van der Waals surface area contributed by atoms with Gasteiger partial charge in [-0.15, -0.1) is 0 Å². The maximum absolute atomic E-state index is 13.2. The standard InChI is InChI=1S/C15H16FNOS/c1-10-3-4-13(16)8-12(10)9-19(18)15-6-5-14(17)7-11(15)2/h3-8H,9,17H2,1-2H3. The van der Waals surface area contributed by atoms with Gasteiger partial charge in [0.1, 0.15) is 5.82 Å². The van der Waals surface area contributed by atoms with E-state index in [-0.39, 0.29) is 5.82 Å². The fourth-order valence-corrected chi connectivity index (χ4v) is 3.33. The van der Waals surface area contributed by atoms with Crippen molar-refractivity contribution in [3.63, 3.8) is 0 Å². The SMILES string of the molecule is Cc1ccc(F)cc1CS(=O)c1ccc(N)cc1C. The summed E-state index contributed by atoms with van der Waals surface area (Å²) in [6, 6.07) is 9.87. The highest BCUT2D eigenvalue weighted by Gasteiger charge is 2.10. The molecule has 100 valence electrons. The maximum atomic E-state index is 13.2. The summed E-state index contributed by atoms with van der Waals surface area (Å²) in [6.45, 7) is 3.77. The molecule has 0 heterocycles. The molecule has 0 aromatic heterocycles. The Balaban J connectivity index is 2.28. The highest BCUT2D eigenvalue weighted by molar-refractivity contribution is 7.84. The van der Waals surface area contributed by atoms with Gasteiger partial charge in [0.05, 0.1) is 16.6 Å². The first kappa shape index (κ1) is 13.7. The molecule has 0 spiro atoms. The second-order valence-corrected chi connectivity index (χ2v) is 6.01. The number of rotatable bonds is 3. The highest BCUT2D eigenvalue weighted by atomic mass is 32.2. The third-order valence-electron chi connectivity index (χ3n) is 3.04. The fourth-order valence-electron chi connectivity index (χ4n) is 1.94. The summed E-state index contributed by atoms with van der Waals surface area (Å²) >= 11 is 0. The molecule has 0 aliphatic carbocycles. The second kappa shape index (κ2) is 5.53. The highest BCUT2D eigenvalue weighted by Crippen LogP contribution is 2.21. The molecule has 0 bridgehead atoms. The molecule has 1 atom stereocenters. The third-order valence-corrected chi connectivity index (χ3v) is 4.56. The minimum atomic E-state index is -1.20. The molecule has 1 unspecified atom stereocenters. The molecular formula is C15H16FNOS. The van der Waals surface area contributed by atoms with E-state index in [1.54, 1.807) is 24.3 Å². The van der Waals surface area contributed by atoms with Crippen LogP contribution in [0, 0.1) is 19.7 Å². The van der Waals surface area contributed by atoms with Crippen molar-refractivity contribution in [3.8, 4) is 0 Å². The number of hydrogen-bond acceptors (Lipinski definition) is 2. The largest absolute Gasteiger partial charge is 0.399 e. The van der Waals surface area contributed by atoms with Gasteiger partial charge >= 0.3 is 0 Å². The van der Waals surface area contributed by atoms with Gasteiger partial charge in [-0.05, 0) is 60.9 Å². The first-order chi connectivity index (χ1) is 8.97. The van der Waals surface area contributed by atoms with Crippen molar-refractivity contribution in [1.82, 2.24) is 0 Å². The number of benzene rings is 2. The van der Waals surface area contributed by atoms with E-state index in [1.807, 2.05) is 13.8 Å². The first-order valence-corrected chi connectivity index (χ1v) is 7.29. The lowest BCUT2D eigenvalue weighted by molar-refractivity contribution is 0.625. The molecule has 2 aromatic carbocycles. The molecule has 2 N–H and O–H groups in total. The molecule has 19 heavy (non-hydrogen) atoms. The molecule has 4 heteroatoms. The Labute approximate surface area is 114 Å². The Morgan fingerprint density at radius 1 is 1.11 bits per heavy atom. The van der Waals surface area contributed by atoms with Crippen molar-refractivity contribution in [3.05, 3.63) is 58.9 Å². The Morgan fingerprint density at radius 2 is 1.84 bits per heavy atom. The van der Waals surface area contributed by atoms with Gasteiger partial charge < -0.3 is 5.73 Å². The predicted molar refractivity (Wildman–Crippen MR) is 76.8 cm³/mol. The number of nitrogens with two attached hydrogens (primary N) is 1. The summed E-state index contributed by atoms with van der Waals surface area (Å²) in [6.07, 6.45) is 0. The average Bonchev–Trinajstić information content (AvgIpc) is 2.33. The van der Waals surface area contributed by atoms with Crippen molar-refractivity contribution in [2.75, 3.05) is 5.73 Å². The minimum Gasteiger partial charge on any atom is -0.399 e. The van der Waals surface area contributed by atoms with E-state index in [9.17, 15) is 8.60 Å². The van der Waals surface area contributed by atoms with E-state index in [2.05, 4.69) is 0 Å². The summed E-state index contributed by atoms with van der Waals surface area (Å²) < 4.78 is 25.6. The van der Waals surface area contributed by atoms with Gasteiger partial charge in [0.15, 0.2) is 0 Å². The van der Waals surface area contributed by atoms with Crippen LogP contribution in [0.4, 0.5) is 10.1 Å². The Kier molecular flexibility index (Phi) is 4.00. The van der Waals surface area contributed by atoms with Crippen LogP contribution in [-0.2, 0) is 16.6 Å². The van der Waals surface area contributed by atoms with Gasteiger partial charge in [-0.2, -0.15) is 0 Å². The summed E-state index contributed by atoms with van der Waals surface area (Å²) in [5, 5.41) is 0. The monoisotopic (exact) mass is 277 g/mol. The number of nitrogen functional groups attached to an aromatic ring is 1. The molecular weight excluding hydrogens is 261 g/mol. The van der Waals surface area contributed by atoms with Crippen LogP contribution < -0.4 is 5.73 Å². The maximum Gasteiger partial charge on any atom is 0.123 e. The normalized spacial score (nSPS) is 12.4. The molecule has 2 aromatic rings. The molecule has 0 saturated heterocycles. The number of hydrogen-bond donors (Lipinski definition) is 1. The lowest BCUT2D eigenvalue weighted by atomic mass is 10.1. The lowest BCUT2D eigenvalue weighted by Gasteiger charge is -2.09. The number of aryl methyl sites for hydroxylation is 2.